The lowest BCUT2D eigenvalue weighted by Crippen LogP contribution is -2.17. The first-order valence-electron chi connectivity index (χ1n) is 10.9. The Morgan fingerprint density at radius 3 is 2.57 bits per heavy atom. The molecule has 0 unspecified atom stereocenters. The smallest absolute Gasteiger partial charge is 0.336 e. The second kappa shape index (κ2) is 11.3. The maximum absolute atomic E-state index is 14.6. The SMILES string of the molecule is COCC(=O)Nc1cccc(-n2nc(OCCc3ccc(OC)cc3)nc2-c2ccccc2F)c1. The van der Waals surface area contributed by atoms with Gasteiger partial charge in [-0.25, -0.2) is 9.07 Å². The maximum atomic E-state index is 14.6. The van der Waals surface area contributed by atoms with Crippen molar-refractivity contribution >= 4 is 11.6 Å². The van der Waals surface area contributed by atoms with Gasteiger partial charge in [0.05, 0.1) is 25.0 Å². The van der Waals surface area contributed by atoms with E-state index in [0.717, 1.165) is 11.3 Å². The first-order chi connectivity index (χ1) is 17.1. The molecule has 0 aliphatic carbocycles. The number of carbonyl (C=O) groups is 1. The fourth-order valence-electron chi connectivity index (χ4n) is 3.45. The van der Waals surface area contributed by atoms with Crippen LogP contribution in [0, 0.1) is 5.82 Å². The Labute approximate surface area is 202 Å². The third-order valence-electron chi connectivity index (χ3n) is 5.13. The number of methoxy groups -OCH3 is 2. The fraction of sp³-hybridized carbons (Fsp3) is 0.192. The molecule has 0 bridgehead atoms. The van der Waals surface area contributed by atoms with Crippen molar-refractivity contribution in [2.45, 2.75) is 6.42 Å². The Hall–Kier alpha value is -4.24. The van der Waals surface area contributed by atoms with Crippen LogP contribution in [0.3, 0.4) is 0 Å². The summed E-state index contributed by atoms with van der Waals surface area (Å²) in [5.41, 5.74) is 2.47. The fourth-order valence-corrected chi connectivity index (χ4v) is 3.45. The number of hydrogen-bond acceptors (Lipinski definition) is 6. The van der Waals surface area contributed by atoms with Crippen LogP contribution in [0.4, 0.5) is 10.1 Å². The lowest BCUT2D eigenvalue weighted by atomic mass is 10.1. The number of carbonyl (C=O) groups excluding carboxylic acids is 1. The molecule has 35 heavy (non-hydrogen) atoms. The molecule has 1 heterocycles. The summed E-state index contributed by atoms with van der Waals surface area (Å²) in [7, 11) is 3.07. The Bertz CT molecular complexity index is 1290. The molecule has 9 heteroatoms. The summed E-state index contributed by atoms with van der Waals surface area (Å²) in [5, 5.41) is 7.22. The van der Waals surface area contributed by atoms with Crippen LogP contribution in [0.1, 0.15) is 5.56 Å². The van der Waals surface area contributed by atoms with Crippen LogP contribution < -0.4 is 14.8 Å². The van der Waals surface area contributed by atoms with Gasteiger partial charge < -0.3 is 19.5 Å². The number of nitrogens with zero attached hydrogens (tertiary/aromatic N) is 3. The second-order valence-electron chi connectivity index (χ2n) is 7.59. The van der Waals surface area contributed by atoms with E-state index in [9.17, 15) is 9.18 Å². The van der Waals surface area contributed by atoms with Gasteiger partial charge in [-0.2, -0.15) is 4.98 Å². The van der Waals surface area contributed by atoms with E-state index in [4.69, 9.17) is 14.2 Å². The van der Waals surface area contributed by atoms with Crippen LogP contribution in [0.2, 0.25) is 0 Å². The minimum atomic E-state index is -0.435. The zero-order valence-corrected chi connectivity index (χ0v) is 19.4. The van der Waals surface area contributed by atoms with Gasteiger partial charge in [-0.05, 0) is 48.0 Å². The number of hydrogen-bond donors (Lipinski definition) is 1. The lowest BCUT2D eigenvalue weighted by Gasteiger charge is -2.09. The summed E-state index contributed by atoms with van der Waals surface area (Å²) in [6.45, 7) is 0.264. The Kier molecular flexibility index (Phi) is 7.69. The van der Waals surface area contributed by atoms with Crippen molar-refractivity contribution in [2.75, 3.05) is 32.8 Å². The molecule has 180 valence electrons. The molecule has 0 spiro atoms. The van der Waals surface area contributed by atoms with Crippen molar-refractivity contribution in [1.29, 1.82) is 0 Å². The van der Waals surface area contributed by atoms with Crippen LogP contribution >= 0.6 is 0 Å². The summed E-state index contributed by atoms with van der Waals surface area (Å²) in [5.74, 6) is 0.337. The number of ether oxygens (including phenoxy) is 3. The molecular weight excluding hydrogens is 451 g/mol. The van der Waals surface area contributed by atoms with Crippen molar-refractivity contribution < 1.29 is 23.4 Å². The summed E-state index contributed by atoms with van der Waals surface area (Å²) in [6, 6.07) is 21.1. The van der Waals surface area contributed by atoms with Gasteiger partial charge in [-0.3, -0.25) is 4.79 Å². The highest BCUT2D eigenvalue weighted by Crippen LogP contribution is 2.27. The van der Waals surface area contributed by atoms with Crippen molar-refractivity contribution in [1.82, 2.24) is 14.8 Å². The molecule has 1 aromatic heterocycles. The van der Waals surface area contributed by atoms with Crippen LogP contribution in [0.15, 0.2) is 72.8 Å². The Morgan fingerprint density at radius 2 is 1.83 bits per heavy atom. The van der Waals surface area contributed by atoms with E-state index in [1.807, 2.05) is 24.3 Å². The zero-order valence-electron chi connectivity index (χ0n) is 19.4. The normalized spacial score (nSPS) is 10.7. The Morgan fingerprint density at radius 1 is 1.03 bits per heavy atom. The van der Waals surface area contributed by atoms with Gasteiger partial charge in [0.15, 0.2) is 5.82 Å². The first kappa shape index (κ1) is 23.9. The second-order valence-corrected chi connectivity index (χ2v) is 7.59. The molecule has 0 saturated carbocycles. The predicted molar refractivity (Wildman–Crippen MR) is 129 cm³/mol. The molecule has 0 radical (unpaired) electrons. The standard InChI is InChI=1S/C26H25FN4O4/c1-33-17-24(32)28-19-6-5-7-20(16-19)31-25(22-8-3-4-9-23(22)27)29-26(30-31)35-15-14-18-10-12-21(34-2)13-11-18/h3-13,16H,14-15,17H2,1-2H3,(H,28,32). The minimum Gasteiger partial charge on any atom is -0.497 e. The van der Waals surface area contributed by atoms with Gasteiger partial charge >= 0.3 is 6.01 Å². The van der Waals surface area contributed by atoms with Gasteiger partial charge in [0.25, 0.3) is 0 Å². The van der Waals surface area contributed by atoms with Crippen LogP contribution in [0.25, 0.3) is 17.1 Å². The van der Waals surface area contributed by atoms with Crippen LogP contribution in [-0.4, -0.2) is 48.1 Å². The van der Waals surface area contributed by atoms with Gasteiger partial charge in [0, 0.05) is 19.2 Å². The van der Waals surface area contributed by atoms with E-state index in [2.05, 4.69) is 15.4 Å². The minimum absolute atomic E-state index is 0.0692. The van der Waals surface area contributed by atoms with Gasteiger partial charge in [-0.1, -0.05) is 30.3 Å². The summed E-state index contributed by atoms with van der Waals surface area (Å²) >= 11 is 0. The molecule has 1 N–H and O–H groups in total. The van der Waals surface area contributed by atoms with Crippen molar-refractivity contribution in [3.05, 3.63) is 84.2 Å². The van der Waals surface area contributed by atoms with Gasteiger partial charge in [0.1, 0.15) is 18.2 Å². The predicted octanol–water partition coefficient (Wildman–Crippen LogP) is 4.29. The van der Waals surface area contributed by atoms with E-state index in [1.165, 1.54) is 17.9 Å². The molecule has 0 saturated heterocycles. The molecule has 3 aromatic carbocycles. The highest BCUT2D eigenvalue weighted by atomic mass is 19.1. The molecular formula is C26H25FN4O4. The average Bonchev–Trinajstić information content (AvgIpc) is 3.29. The molecule has 4 aromatic rings. The van der Waals surface area contributed by atoms with E-state index in [-0.39, 0.29) is 29.9 Å². The van der Waals surface area contributed by atoms with Gasteiger partial charge in [0.2, 0.25) is 5.91 Å². The number of rotatable bonds is 10. The first-order valence-corrected chi connectivity index (χ1v) is 10.9. The molecule has 4 rings (SSSR count). The third kappa shape index (κ3) is 6.01. The zero-order chi connectivity index (χ0) is 24.6. The highest BCUT2D eigenvalue weighted by Gasteiger charge is 2.18. The van der Waals surface area contributed by atoms with Crippen molar-refractivity contribution in [3.8, 4) is 28.8 Å². The molecule has 0 aliphatic rings. The number of halogens is 1. The molecule has 8 nitrogen and oxygen atoms in total. The lowest BCUT2D eigenvalue weighted by molar-refractivity contribution is -0.119. The highest BCUT2D eigenvalue weighted by molar-refractivity contribution is 5.92. The van der Waals surface area contributed by atoms with E-state index in [0.29, 0.717) is 24.4 Å². The van der Waals surface area contributed by atoms with E-state index < -0.39 is 5.82 Å². The van der Waals surface area contributed by atoms with Crippen LogP contribution in [-0.2, 0) is 16.0 Å². The topological polar surface area (TPSA) is 87.5 Å². The maximum Gasteiger partial charge on any atom is 0.336 e. The number of benzene rings is 3. The van der Waals surface area contributed by atoms with E-state index in [1.54, 1.807) is 49.6 Å². The quantitative estimate of drug-likeness (QED) is 0.368. The summed E-state index contributed by atoms with van der Waals surface area (Å²) in [4.78, 5) is 16.4. The Balaban J connectivity index is 1.59. The molecule has 0 atom stereocenters. The van der Waals surface area contributed by atoms with Crippen molar-refractivity contribution in [2.24, 2.45) is 0 Å². The number of amides is 1. The van der Waals surface area contributed by atoms with Crippen molar-refractivity contribution in [3.63, 3.8) is 0 Å². The summed E-state index contributed by atoms with van der Waals surface area (Å²) < 4.78 is 32.0. The monoisotopic (exact) mass is 476 g/mol. The van der Waals surface area contributed by atoms with E-state index >= 15 is 0 Å². The van der Waals surface area contributed by atoms with Gasteiger partial charge in [-0.15, -0.1) is 5.10 Å². The number of anilines is 1. The largest absolute Gasteiger partial charge is 0.497 e. The average molecular weight is 477 g/mol. The number of aromatic nitrogens is 3. The number of nitrogens with one attached hydrogen (secondary N) is 1. The third-order valence-corrected chi connectivity index (χ3v) is 5.13. The molecule has 1 amide bonds. The molecule has 0 aliphatic heterocycles. The van der Waals surface area contributed by atoms with Crippen LogP contribution in [0.5, 0.6) is 11.8 Å². The summed E-state index contributed by atoms with van der Waals surface area (Å²) in [6.07, 6.45) is 0.634. The molecule has 0 fully saturated rings.